The number of allylic oxidation sites excluding steroid dienone is 1. The van der Waals surface area contributed by atoms with E-state index in [9.17, 15) is 13.6 Å². The normalized spacial score (nSPS) is 11.1. The van der Waals surface area contributed by atoms with E-state index in [2.05, 4.69) is 6.58 Å². The molecule has 0 saturated carbocycles. The van der Waals surface area contributed by atoms with E-state index in [0.29, 0.717) is 6.92 Å². The van der Waals surface area contributed by atoms with Gasteiger partial charge in [0.1, 0.15) is 0 Å². The van der Waals surface area contributed by atoms with E-state index in [-0.39, 0.29) is 5.57 Å². The van der Waals surface area contributed by atoms with Crippen molar-refractivity contribution in [1.29, 1.82) is 0 Å². The molecule has 9 heavy (non-hydrogen) atoms. The molecule has 0 fully saturated rings. The van der Waals surface area contributed by atoms with E-state index in [1.54, 1.807) is 0 Å². The summed E-state index contributed by atoms with van der Waals surface area (Å²) in [5.41, 5.74) is -0.109. The Labute approximate surface area is 52.4 Å². The van der Waals surface area contributed by atoms with Gasteiger partial charge in [-0.25, -0.2) is 0 Å². The Kier molecular flexibility index (Phi) is 2.07. The summed E-state index contributed by atoms with van der Waals surface area (Å²) in [6.45, 7) is 4.92. The lowest BCUT2D eigenvalue weighted by Crippen LogP contribution is -2.24. The highest BCUT2D eigenvalue weighted by molar-refractivity contribution is 5.99. The standard InChI is InChI=1S/C6H8F2O/c1-4(2)5(9)6(3,7)8/h1H2,2-3H3. The smallest absolute Gasteiger partial charge is 0.288 e. The van der Waals surface area contributed by atoms with Gasteiger partial charge in [0.05, 0.1) is 0 Å². The monoisotopic (exact) mass is 134 g/mol. The van der Waals surface area contributed by atoms with Crippen LogP contribution >= 0.6 is 0 Å². The molecule has 0 saturated heterocycles. The van der Waals surface area contributed by atoms with E-state index in [4.69, 9.17) is 0 Å². The van der Waals surface area contributed by atoms with E-state index in [0.717, 1.165) is 0 Å². The molecule has 0 aromatic heterocycles. The Bertz CT molecular complexity index is 144. The summed E-state index contributed by atoms with van der Waals surface area (Å²) in [5, 5.41) is 0. The fraction of sp³-hybridized carbons (Fsp3) is 0.500. The fourth-order valence-corrected chi connectivity index (χ4v) is 0.375. The molecule has 52 valence electrons. The van der Waals surface area contributed by atoms with Crippen molar-refractivity contribution in [3.05, 3.63) is 12.2 Å². The van der Waals surface area contributed by atoms with Crippen molar-refractivity contribution < 1.29 is 13.6 Å². The molecular formula is C6H8F2O. The van der Waals surface area contributed by atoms with Crippen LogP contribution in [0.5, 0.6) is 0 Å². The number of ketones is 1. The molecule has 0 bridgehead atoms. The van der Waals surface area contributed by atoms with Gasteiger partial charge in [-0.05, 0) is 12.5 Å². The second kappa shape index (κ2) is 2.25. The second-order valence-electron chi connectivity index (χ2n) is 2.00. The molecular weight excluding hydrogens is 126 g/mol. The van der Waals surface area contributed by atoms with Gasteiger partial charge in [-0.1, -0.05) is 6.58 Å². The predicted octanol–water partition coefficient (Wildman–Crippen LogP) is 1.79. The first-order chi connectivity index (χ1) is 3.85. The molecule has 0 atom stereocenters. The summed E-state index contributed by atoms with van der Waals surface area (Å²) >= 11 is 0. The first kappa shape index (κ1) is 8.27. The first-order valence-corrected chi connectivity index (χ1v) is 2.44. The minimum Gasteiger partial charge on any atom is -0.288 e. The zero-order chi connectivity index (χ0) is 7.65. The van der Waals surface area contributed by atoms with Crippen LogP contribution in [0.15, 0.2) is 12.2 Å². The molecule has 0 spiro atoms. The van der Waals surface area contributed by atoms with Crippen LogP contribution in [0.1, 0.15) is 13.8 Å². The number of hydrogen-bond acceptors (Lipinski definition) is 1. The highest BCUT2D eigenvalue weighted by Gasteiger charge is 2.31. The predicted molar refractivity (Wildman–Crippen MR) is 30.4 cm³/mol. The second-order valence-corrected chi connectivity index (χ2v) is 2.00. The number of rotatable bonds is 2. The maximum atomic E-state index is 12.0. The molecule has 0 heterocycles. The maximum absolute atomic E-state index is 12.0. The van der Waals surface area contributed by atoms with Crippen LogP contribution in [0.25, 0.3) is 0 Å². The topological polar surface area (TPSA) is 17.1 Å². The highest BCUT2D eigenvalue weighted by Crippen LogP contribution is 2.16. The van der Waals surface area contributed by atoms with E-state index < -0.39 is 11.7 Å². The first-order valence-electron chi connectivity index (χ1n) is 2.44. The lowest BCUT2D eigenvalue weighted by molar-refractivity contribution is -0.136. The molecule has 0 unspecified atom stereocenters. The van der Waals surface area contributed by atoms with Crippen molar-refractivity contribution in [2.24, 2.45) is 0 Å². The number of carbonyl (C=O) groups excluding carboxylic acids is 1. The molecule has 0 radical (unpaired) electrons. The number of hydrogen-bond donors (Lipinski definition) is 0. The van der Waals surface area contributed by atoms with Crippen LogP contribution in [0, 0.1) is 0 Å². The van der Waals surface area contributed by atoms with Gasteiger partial charge in [0.15, 0.2) is 0 Å². The Morgan fingerprint density at radius 1 is 1.56 bits per heavy atom. The molecule has 0 aromatic rings. The third-order valence-corrected chi connectivity index (χ3v) is 0.786. The third kappa shape index (κ3) is 2.35. The Hall–Kier alpha value is -0.730. The van der Waals surface area contributed by atoms with E-state index >= 15 is 0 Å². The van der Waals surface area contributed by atoms with Crippen LogP contribution in [0.2, 0.25) is 0 Å². The van der Waals surface area contributed by atoms with Gasteiger partial charge in [0.25, 0.3) is 0 Å². The molecule has 0 aliphatic heterocycles. The maximum Gasteiger partial charge on any atom is 0.306 e. The van der Waals surface area contributed by atoms with Crippen molar-refractivity contribution in [1.82, 2.24) is 0 Å². The zero-order valence-corrected chi connectivity index (χ0v) is 5.37. The molecule has 0 aliphatic carbocycles. The van der Waals surface area contributed by atoms with Crippen molar-refractivity contribution in [2.75, 3.05) is 0 Å². The average molecular weight is 134 g/mol. The van der Waals surface area contributed by atoms with Gasteiger partial charge in [0, 0.05) is 6.92 Å². The number of Topliss-reactive ketones (excluding diaryl/α,β-unsaturated/α-hetero) is 1. The molecule has 0 rings (SSSR count). The Balaban J connectivity index is 4.23. The third-order valence-electron chi connectivity index (χ3n) is 0.786. The summed E-state index contributed by atoms with van der Waals surface area (Å²) < 4.78 is 23.9. The van der Waals surface area contributed by atoms with Gasteiger partial charge in [-0.15, -0.1) is 0 Å². The summed E-state index contributed by atoms with van der Waals surface area (Å²) in [6, 6.07) is 0. The van der Waals surface area contributed by atoms with Crippen LogP contribution in [-0.4, -0.2) is 11.7 Å². The minimum atomic E-state index is -3.26. The van der Waals surface area contributed by atoms with Crippen molar-refractivity contribution in [3.63, 3.8) is 0 Å². The number of halogens is 2. The average Bonchev–Trinajstić information content (AvgIpc) is 1.62. The van der Waals surface area contributed by atoms with Crippen molar-refractivity contribution >= 4 is 5.78 Å². The Morgan fingerprint density at radius 2 is 1.89 bits per heavy atom. The quantitative estimate of drug-likeness (QED) is 0.526. The van der Waals surface area contributed by atoms with Crippen LogP contribution in [0.4, 0.5) is 8.78 Å². The van der Waals surface area contributed by atoms with Gasteiger partial charge in [0.2, 0.25) is 5.78 Å². The lowest BCUT2D eigenvalue weighted by Gasteiger charge is -2.06. The van der Waals surface area contributed by atoms with Gasteiger partial charge in [-0.2, -0.15) is 8.78 Å². The van der Waals surface area contributed by atoms with Gasteiger partial charge >= 0.3 is 5.92 Å². The lowest BCUT2D eigenvalue weighted by atomic mass is 10.1. The molecule has 0 N–H and O–H groups in total. The molecule has 0 aliphatic rings. The SMILES string of the molecule is C=C(C)C(=O)C(C)(F)F. The fourth-order valence-electron chi connectivity index (χ4n) is 0.375. The van der Waals surface area contributed by atoms with Crippen molar-refractivity contribution in [2.45, 2.75) is 19.8 Å². The Morgan fingerprint density at radius 3 is 1.89 bits per heavy atom. The molecule has 0 amide bonds. The van der Waals surface area contributed by atoms with Crippen LogP contribution in [-0.2, 0) is 4.79 Å². The van der Waals surface area contributed by atoms with Crippen LogP contribution in [0.3, 0.4) is 0 Å². The zero-order valence-electron chi connectivity index (χ0n) is 5.37. The summed E-state index contributed by atoms with van der Waals surface area (Å²) in [5.74, 6) is -4.45. The number of carbonyl (C=O) groups is 1. The van der Waals surface area contributed by atoms with E-state index in [1.165, 1.54) is 6.92 Å². The minimum absolute atomic E-state index is 0.109. The van der Waals surface area contributed by atoms with Gasteiger partial charge < -0.3 is 0 Å². The molecule has 0 aromatic carbocycles. The van der Waals surface area contributed by atoms with Gasteiger partial charge in [-0.3, -0.25) is 4.79 Å². The van der Waals surface area contributed by atoms with Crippen molar-refractivity contribution in [3.8, 4) is 0 Å². The molecule has 1 nitrogen and oxygen atoms in total. The summed E-state index contributed by atoms with van der Waals surface area (Å²) in [4.78, 5) is 10.3. The summed E-state index contributed by atoms with van der Waals surface area (Å²) in [6.07, 6.45) is 0. The summed E-state index contributed by atoms with van der Waals surface area (Å²) in [7, 11) is 0. The molecule has 3 heteroatoms. The number of alkyl halides is 2. The largest absolute Gasteiger partial charge is 0.306 e. The van der Waals surface area contributed by atoms with Crippen LogP contribution < -0.4 is 0 Å². The highest BCUT2D eigenvalue weighted by atomic mass is 19.3. The van der Waals surface area contributed by atoms with E-state index in [1.807, 2.05) is 0 Å².